The fourth-order valence-electron chi connectivity index (χ4n) is 5.22. The van der Waals surface area contributed by atoms with Gasteiger partial charge in [0.05, 0.1) is 11.4 Å². The minimum atomic E-state index is -0.935. The standard InChI is InChI=1S/C33H43N5O5S/c1-3-27-30(31(40)41)44-32(35-27)34-19-11-5-8-16-29(39)37(2)22-23-38-20-17-25(18-21-38)43-33(42)36-28-15-10-9-14-26(28)24-12-6-4-7-13-24/h4,6-7,9-10,12-15,25H,3,5,8,11,16-23H2,1-2H3,(H,34,35)(H,36,42)(H,40,41). The number of hydrogen-bond acceptors (Lipinski definition) is 8. The zero-order valence-corrected chi connectivity index (χ0v) is 26.4. The number of thiazole rings is 1. The molecule has 3 aromatic rings. The Hall–Kier alpha value is -3.96. The SMILES string of the molecule is CCc1nc(NCCCCCC(=O)N(C)CCN2CCC(OC(=O)Nc3ccccc3-c3ccccc3)CC2)sc1C(=O)O. The van der Waals surface area contributed by atoms with Crippen LogP contribution in [0.2, 0.25) is 0 Å². The van der Waals surface area contributed by atoms with Gasteiger partial charge in [0.1, 0.15) is 11.0 Å². The third-order valence-electron chi connectivity index (χ3n) is 7.80. The summed E-state index contributed by atoms with van der Waals surface area (Å²) in [4.78, 5) is 45.3. The third-order valence-corrected chi connectivity index (χ3v) is 8.85. The van der Waals surface area contributed by atoms with E-state index in [-0.39, 0.29) is 12.0 Å². The van der Waals surface area contributed by atoms with E-state index in [1.807, 2.05) is 68.6 Å². The number of anilines is 2. The second kappa shape index (κ2) is 16.8. The predicted octanol–water partition coefficient (Wildman–Crippen LogP) is 6.21. The lowest BCUT2D eigenvalue weighted by Crippen LogP contribution is -2.42. The van der Waals surface area contributed by atoms with Crippen molar-refractivity contribution in [2.45, 2.75) is 58.0 Å². The first-order valence-electron chi connectivity index (χ1n) is 15.4. The quantitative estimate of drug-likeness (QED) is 0.171. The minimum Gasteiger partial charge on any atom is -0.477 e. The molecule has 44 heavy (non-hydrogen) atoms. The van der Waals surface area contributed by atoms with Crippen molar-refractivity contribution in [1.82, 2.24) is 14.8 Å². The largest absolute Gasteiger partial charge is 0.477 e. The second-order valence-electron chi connectivity index (χ2n) is 11.0. The van der Waals surface area contributed by atoms with Crippen LogP contribution in [0.1, 0.15) is 60.8 Å². The molecule has 2 aromatic carbocycles. The summed E-state index contributed by atoms with van der Waals surface area (Å²) in [6, 6.07) is 17.7. The van der Waals surface area contributed by atoms with Gasteiger partial charge in [0.15, 0.2) is 5.13 Å². The van der Waals surface area contributed by atoms with Crippen LogP contribution in [0.15, 0.2) is 54.6 Å². The third kappa shape index (κ3) is 9.78. The van der Waals surface area contributed by atoms with E-state index < -0.39 is 12.1 Å². The first-order valence-corrected chi connectivity index (χ1v) is 16.2. The van der Waals surface area contributed by atoms with Gasteiger partial charge in [-0.15, -0.1) is 0 Å². The van der Waals surface area contributed by atoms with Crippen LogP contribution in [0.25, 0.3) is 11.1 Å². The summed E-state index contributed by atoms with van der Waals surface area (Å²) in [5.41, 5.74) is 3.32. The zero-order chi connectivity index (χ0) is 31.3. The number of nitrogens with zero attached hydrogens (tertiary/aromatic N) is 3. The molecule has 0 atom stereocenters. The summed E-state index contributed by atoms with van der Waals surface area (Å²) >= 11 is 1.17. The normalized spacial score (nSPS) is 13.8. The molecule has 10 nitrogen and oxygen atoms in total. The Morgan fingerprint density at radius 1 is 1.05 bits per heavy atom. The molecule has 3 N–H and O–H groups in total. The van der Waals surface area contributed by atoms with Gasteiger partial charge in [0.25, 0.3) is 0 Å². The molecule has 236 valence electrons. The maximum atomic E-state index is 12.7. The van der Waals surface area contributed by atoms with E-state index in [0.717, 1.165) is 68.6 Å². The summed E-state index contributed by atoms with van der Waals surface area (Å²) in [5.74, 6) is -0.794. The lowest BCUT2D eigenvalue weighted by atomic mass is 10.0. The molecule has 0 aliphatic carbocycles. The number of unbranched alkanes of at least 4 members (excludes halogenated alkanes) is 2. The van der Waals surface area contributed by atoms with Gasteiger partial charge < -0.3 is 25.0 Å². The first-order chi connectivity index (χ1) is 21.3. The van der Waals surface area contributed by atoms with Gasteiger partial charge in [-0.25, -0.2) is 14.6 Å². The summed E-state index contributed by atoms with van der Waals surface area (Å²) < 4.78 is 5.74. The van der Waals surface area contributed by atoms with E-state index in [9.17, 15) is 19.5 Å². The van der Waals surface area contributed by atoms with Crippen LogP contribution >= 0.6 is 11.3 Å². The molecule has 0 radical (unpaired) electrons. The lowest BCUT2D eigenvalue weighted by molar-refractivity contribution is -0.130. The van der Waals surface area contributed by atoms with Crippen LogP contribution in [-0.4, -0.2) is 83.7 Å². The number of benzene rings is 2. The highest BCUT2D eigenvalue weighted by molar-refractivity contribution is 7.17. The number of aromatic nitrogens is 1. The van der Waals surface area contributed by atoms with Crippen molar-refractivity contribution in [2.24, 2.45) is 0 Å². The molecule has 0 saturated carbocycles. The van der Waals surface area contributed by atoms with Crippen LogP contribution in [0, 0.1) is 0 Å². The summed E-state index contributed by atoms with van der Waals surface area (Å²) in [6.07, 6.45) is 4.65. The number of likely N-dealkylation sites (tertiary alicyclic amines) is 1. The smallest absolute Gasteiger partial charge is 0.411 e. The highest BCUT2D eigenvalue weighted by Gasteiger charge is 2.23. The Bertz CT molecular complexity index is 1370. The molecule has 1 saturated heterocycles. The van der Waals surface area contributed by atoms with Crippen molar-refractivity contribution in [1.29, 1.82) is 0 Å². The van der Waals surface area contributed by atoms with Crippen molar-refractivity contribution in [3.8, 4) is 11.1 Å². The van der Waals surface area contributed by atoms with Gasteiger partial charge in [0.2, 0.25) is 5.91 Å². The Morgan fingerprint density at radius 3 is 2.48 bits per heavy atom. The summed E-state index contributed by atoms with van der Waals surface area (Å²) in [7, 11) is 1.85. The molecule has 4 rings (SSSR count). The maximum Gasteiger partial charge on any atom is 0.411 e. The topological polar surface area (TPSA) is 124 Å². The first kappa shape index (κ1) is 32.9. The number of likely N-dealkylation sites (N-methyl/N-ethyl adjacent to an activating group) is 1. The number of ether oxygens (including phenoxy) is 1. The fraction of sp³-hybridized carbons (Fsp3) is 0.455. The van der Waals surface area contributed by atoms with Crippen LogP contribution in [0.4, 0.5) is 15.6 Å². The summed E-state index contributed by atoms with van der Waals surface area (Å²) in [5, 5.41) is 16.0. The number of para-hydroxylation sites is 1. The molecule has 2 amide bonds. The Labute approximate surface area is 263 Å². The van der Waals surface area contributed by atoms with E-state index in [1.165, 1.54) is 11.3 Å². The number of amides is 2. The van der Waals surface area contributed by atoms with Crippen molar-refractivity contribution < 1.29 is 24.2 Å². The van der Waals surface area contributed by atoms with Crippen LogP contribution in [0.3, 0.4) is 0 Å². The zero-order valence-electron chi connectivity index (χ0n) is 25.6. The average Bonchev–Trinajstić information content (AvgIpc) is 3.46. The van der Waals surface area contributed by atoms with Gasteiger partial charge in [0, 0.05) is 51.8 Å². The molecular formula is C33H43N5O5S. The molecular weight excluding hydrogens is 578 g/mol. The van der Waals surface area contributed by atoms with Gasteiger partial charge in [-0.3, -0.25) is 10.1 Å². The molecule has 0 spiro atoms. The Kier molecular flexibility index (Phi) is 12.6. The van der Waals surface area contributed by atoms with Crippen LogP contribution in [0.5, 0.6) is 0 Å². The van der Waals surface area contributed by atoms with Crippen molar-refractivity contribution in [3.63, 3.8) is 0 Å². The van der Waals surface area contributed by atoms with Gasteiger partial charge >= 0.3 is 12.1 Å². The predicted molar refractivity (Wildman–Crippen MR) is 174 cm³/mol. The average molecular weight is 622 g/mol. The molecule has 1 aliphatic heterocycles. The molecule has 1 fully saturated rings. The van der Waals surface area contributed by atoms with E-state index in [1.54, 1.807) is 4.90 Å². The van der Waals surface area contributed by atoms with E-state index in [4.69, 9.17) is 4.74 Å². The monoisotopic (exact) mass is 621 g/mol. The van der Waals surface area contributed by atoms with Gasteiger partial charge in [-0.1, -0.05) is 73.2 Å². The number of carbonyl (C=O) groups is 3. The van der Waals surface area contributed by atoms with Crippen LogP contribution in [-0.2, 0) is 16.0 Å². The van der Waals surface area contributed by atoms with E-state index in [2.05, 4.69) is 20.5 Å². The maximum absolute atomic E-state index is 12.7. The van der Waals surface area contributed by atoms with Crippen molar-refractivity contribution in [3.05, 3.63) is 65.2 Å². The number of carboxylic acid groups (broad SMARTS) is 1. The summed E-state index contributed by atoms with van der Waals surface area (Å²) in [6.45, 7) is 5.69. The number of rotatable bonds is 15. The molecule has 0 bridgehead atoms. The Balaban J connectivity index is 1.07. The second-order valence-corrected chi connectivity index (χ2v) is 12.0. The molecule has 1 aliphatic rings. The lowest BCUT2D eigenvalue weighted by Gasteiger charge is -2.32. The highest BCUT2D eigenvalue weighted by atomic mass is 32.1. The fourth-order valence-corrected chi connectivity index (χ4v) is 6.14. The van der Waals surface area contributed by atoms with Gasteiger partial charge in [-0.05, 0) is 43.7 Å². The molecule has 2 heterocycles. The highest BCUT2D eigenvalue weighted by Crippen LogP contribution is 2.28. The van der Waals surface area contributed by atoms with Crippen molar-refractivity contribution >= 4 is 40.1 Å². The van der Waals surface area contributed by atoms with Crippen LogP contribution < -0.4 is 10.6 Å². The Morgan fingerprint density at radius 2 is 1.77 bits per heavy atom. The van der Waals surface area contributed by atoms with Crippen molar-refractivity contribution in [2.75, 3.05) is 50.4 Å². The minimum absolute atomic E-state index is 0.132. The molecule has 11 heteroatoms. The number of hydrogen-bond donors (Lipinski definition) is 3. The number of carbonyl (C=O) groups excluding carboxylic acids is 2. The number of aromatic carboxylic acids is 1. The number of nitrogens with one attached hydrogen (secondary N) is 2. The number of carboxylic acids is 1. The number of piperidine rings is 1. The number of aryl methyl sites for hydroxylation is 1. The van der Waals surface area contributed by atoms with E-state index in [0.29, 0.717) is 41.6 Å². The van der Waals surface area contributed by atoms with Gasteiger partial charge in [-0.2, -0.15) is 0 Å². The molecule has 1 aromatic heterocycles. The van der Waals surface area contributed by atoms with E-state index >= 15 is 0 Å². The molecule has 0 unspecified atom stereocenters.